The Balaban J connectivity index is 2.79. The molecule has 63 valence electrons. The molecule has 1 rings (SSSR count). The van der Waals surface area contributed by atoms with Crippen LogP contribution in [0, 0.1) is 6.92 Å². The Morgan fingerprint density at radius 2 is 2.42 bits per heavy atom. The molecule has 0 unspecified atom stereocenters. The number of nitrogens with zero attached hydrogens (tertiary/aromatic N) is 1. The number of carbonyl (C=O) groups excluding carboxylic acids is 1. The second-order valence-corrected chi connectivity index (χ2v) is 2.84. The van der Waals surface area contributed by atoms with E-state index in [9.17, 15) is 4.79 Å². The molecule has 12 heavy (non-hydrogen) atoms. The van der Waals surface area contributed by atoms with Crippen LogP contribution in [0.15, 0.2) is 24.5 Å². The van der Waals surface area contributed by atoms with Crippen LogP contribution in [0.2, 0.25) is 0 Å². The van der Waals surface area contributed by atoms with Crippen LogP contribution in [0.5, 0.6) is 0 Å². The van der Waals surface area contributed by atoms with Crippen LogP contribution in [0.3, 0.4) is 0 Å². The fourth-order valence-electron chi connectivity index (χ4n) is 1.08. The van der Waals surface area contributed by atoms with Crippen molar-refractivity contribution in [2.45, 2.75) is 19.9 Å². The minimum atomic E-state index is 0.168. The number of pyridine rings is 1. The van der Waals surface area contributed by atoms with Crippen molar-refractivity contribution in [2.24, 2.45) is 0 Å². The highest BCUT2D eigenvalue weighted by atomic mass is 16.1. The first-order valence-corrected chi connectivity index (χ1v) is 3.99. The maximum absolute atomic E-state index is 10.8. The number of ketones is 1. The first kappa shape index (κ1) is 8.91. The molecule has 1 aromatic rings. The number of carbonyl (C=O) groups is 1. The highest BCUT2D eigenvalue weighted by molar-refractivity contribution is 5.73. The molecule has 1 aromatic heterocycles. The Morgan fingerprint density at radius 1 is 1.67 bits per heavy atom. The van der Waals surface area contributed by atoms with Crippen LogP contribution < -0.4 is 4.57 Å². The molecule has 1 heterocycles. The Bertz CT molecular complexity index is 281. The Hall–Kier alpha value is -1.18. The summed E-state index contributed by atoms with van der Waals surface area (Å²) in [5, 5.41) is 0. The van der Waals surface area contributed by atoms with Gasteiger partial charge in [0.05, 0.1) is 0 Å². The molecule has 0 N–H and O–H groups in total. The number of aromatic nitrogens is 1. The molecule has 2 nitrogen and oxygen atoms in total. The van der Waals surface area contributed by atoms with Crippen LogP contribution in [0.1, 0.15) is 12.5 Å². The summed E-state index contributed by atoms with van der Waals surface area (Å²) in [5.74, 6) is 0.168. The zero-order valence-corrected chi connectivity index (χ0v) is 7.29. The molecule has 0 aromatic carbocycles. The van der Waals surface area contributed by atoms with Gasteiger partial charge in [0.15, 0.2) is 18.2 Å². The molecule has 2 heteroatoms. The van der Waals surface area contributed by atoms with Crippen molar-refractivity contribution in [1.29, 1.82) is 0 Å². The summed E-state index contributed by atoms with van der Waals surface area (Å²) in [6.07, 6.45) is 4.60. The Kier molecular flexibility index (Phi) is 2.97. The lowest BCUT2D eigenvalue weighted by molar-refractivity contribution is -0.684. The predicted octanol–water partition coefficient (Wildman–Crippen LogP) is 0.940. The monoisotopic (exact) mass is 163 g/mol. The zero-order valence-electron chi connectivity index (χ0n) is 7.29. The molecule has 0 aliphatic heterocycles. The fraction of sp³-hybridized carbons (Fsp3) is 0.300. The van der Waals surface area contributed by atoms with Gasteiger partial charge in [0, 0.05) is 18.6 Å². The lowest BCUT2D eigenvalue weighted by Crippen LogP contribution is -2.36. The van der Waals surface area contributed by atoms with Crippen molar-refractivity contribution in [3.63, 3.8) is 0 Å². The third kappa shape index (κ3) is 2.46. The van der Waals surface area contributed by atoms with Crippen LogP contribution in [0.4, 0.5) is 0 Å². The van der Waals surface area contributed by atoms with E-state index in [4.69, 9.17) is 0 Å². The van der Waals surface area contributed by atoms with E-state index in [-0.39, 0.29) is 5.78 Å². The molecule has 0 fully saturated rings. The normalized spacial score (nSPS) is 9.83. The van der Waals surface area contributed by atoms with Crippen molar-refractivity contribution in [3.8, 4) is 0 Å². The molecule has 0 bridgehead atoms. The van der Waals surface area contributed by atoms with Crippen molar-refractivity contribution in [1.82, 2.24) is 0 Å². The van der Waals surface area contributed by atoms with Crippen molar-refractivity contribution in [2.75, 3.05) is 0 Å². The van der Waals surface area contributed by atoms with Gasteiger partial charge in [-0.15, -0.1) is 0 Å². The van der Waals surface area contributed by atoms with E-state index in [1.807, 2.05) is 29.1 Å². The van der Waals surface area contributed by atoms with Crippen molar-refractivity contribution >= 4 is 5.78 Å². The molecule has 0 saturated carbocycles. The van der Waals surface area contributed by atoms with Gasteiger partial charge in [-0.25, -0.2) is 0 Å². The zero-order chi connectivity index (χ0) is 8.97. The quantitative estimate of drug-likeness (QED) is 0.607. The third-order valence-electron chi connectivity index (χ3n) is 1.61. The maximum atomic E-state index is 10.8. The summed E-state index contributed by atoms with van der Waals surface area (Å²) in [5.41, 5.74) is 1.15. The number of hydrogen-bond acceptors (Lipinski definition) is 1. The molecule has 0 amide bonds. The predicted molar refractivity (Wildman–Crippen MR) is 46.4 cm³/mol. The molecule has 0 spiro atoms. The van der Waals surface area contributed by atoms with Gasteiger partial charge >= 0.3 is 0 Å². The molecule has 0 aliphatic rings. The summed E-state index contributed by atoms with van der Waals surface area (Å²) in [4.78, 5) is 10.8. The lowest BCUT2D eigenvalue weighted by atomic mass is 10.2. The van der Waals surface area contributed by atoms with Crippen molar-refractivity contribution in [3.05, 3.63) is 37.0 Å². The van der Waals surface area contributed by atoms with E-state index in [1.165, 1.54) is 0 Å². The minimum Gasteiger partial charge on any atom is -0.293 e. The molecule has 1 radical (unpaired) electrons. The molecule has 0 aliphatic carbocycles. The second-order valence-electron chi connectivity index (χ2n) is 2.84. The summed E-state index contributed by atoms with van der Waals surface area (Å²) in [7, 11) is 0. The van der Waals surface area contributed by atoms with E-state index in [0.717, 1.165) is 12.0 Å². The smallest absolute Gasteiger partial charge is 0.206 e. The first-order chi connectivity index (χ1) is 5.72. The molecule has 0 atom stereocenters. The summed E-state index contributed by atoms with van der Waals surface area (Å²) in [6, 6.07) is 3.94. The summed E-state index contributed by atoms with van der Waals surface area (Å²) in [6.45, 7) is 5.82. The highest BCUT2D eigenvalue weighted by Gasteiger charge is 2.03. The molecule has 0 saturated heterocycles. The summed E-state index contributed by atoms with van der Waals surface area (Å²) < 4.78 is 1.88. The van der Waals surface area contributed by atoms with Gasteiger partial charge in [-0.1, -0.05) is 0 Å². The van der Waals surface area contributed by atoms with E-state index >= 15 is 0 Å². The minimum absolute atomic E-state index is 0.168. The average molecular weight is 163 g/mol. The van der Waals surface area contributed by atoms with E-state index in [1.54, 1.807) is 6.92 Å². The van der Waals surface area contributed by atoms with Gasteiger partial charge in [0.25, 0.3) is 0 Å². The topological polar surface area (TPSA) is 20.9 Å². The average Bonchev–Trinajstić information content (AvgIpc) is 2.03. The van der Waals surface area contributed by atoms with Gasteiger partial charge < -0.3 is 0 Å². The van der Waals surface area contributed by atoms with Gasteiger partial charge in [-0.05, 0) is 19.4 Å². The van der Waals surface area contributed by atoms with Crippen LogP contribution in [0.25, 0.3) is 0 Å². The SMILES string of the molecule is [CH2]Cc1ccc[n+](CC(C)=O)c1. The molecular formula is C10H13NO+. The van der Waals surface area contributed by atoms with Crippen molar-refractivity contribution < 1.29 is 9.36 Å². The lowest BCUT2D eigenvalue weighted by Gasteiger charge is -1.95. The standard InChI is InChI=1S/C10H13NO/c1-3-10-5-4-6-11(8-10)7-9(2)12/h4-6,8H,1,3,7H2,2H3/q+1. The van der Waals surface area contributed by atoms with Gasteiger partial charge in [-0.2, -0.15) is 4.57 Å². The number of hydrogen-bond donors (Lipinski definition) is 0. The van der Waals surface area contributed by atoms with Gasteiger partial charge in [0.1, 0.15) is 0 Å². The largest absolute Gasteiger partial charge is 0.293 e. The van der Waals surface area contributed by atoms with Crippen LogP contribution in [-0.2, 0) is 17.8 Å². The summed E-state index contributed by atoms with van der Waals surface area (Å²) >= 11 is 0. The van der Waals surface area contributed by atoms with E-state index < -0.39 is 0 Å². The molecular weight excluding hydrogens is 150 g/mol. The maximum Gasteiger partial charge on any atom is 0.206 e. The van der Waals surface area contributed by atoms with Crippen LogP contribution >= 0.6 is 0 Å². The Morgan fingerprint density at radius 3 is 3.00 bits per heavy atom. The van der Waals surface area contributed by atoms with E-state index in [0.29, 0.717) is 6.54 Å². The number of rotatable bonds is 3. The third-order valence-corrected chi connectivity index (χ3v) is 1.61. The Labute approximate surface area is 72.8 Å². The number of Topliss-reactive ketones (excluding diaryl/α,β-unsaturated/α-hetero) is 1. The first-order valence-electron chi connectivity index (χ1n) is 3.99. The van der Waals surface area contributed by atoms with Crippen LogP contribution in [-0.4, -0.2) is 5.78 Å². The highest BCUT2D eigenvalue weighted by Crippen LogP contribution is 1.93. The second kappa shape index (κ2) is 4.00. The van der Waals surface area contributed by atoms with Gasteiger partial charge in [-0.3, -0.25) is 4.79 Å². The fourth-order valence-corrected chi connectivity index (χ4v) is 1.08. The van der Waals surface area contributed by atoms with Gasteiger partial charge in [0.2, 0.25) is 6.54 Å². The van der Waals surface area contributed by atoms with E-state index in [2.05, 4.69) is 6.92 Å².